The maximum absolute atomic E-state index is 9.18. The third kappa shape index (κ3) is 2.55. The number of nitrogens with one attached hydrogen (secondary N) is 1. The fourth-order valence-corrected chi connectivity index (χ4v) is 3.19. The highest BCUT2D eigenvalue weighted by Crippen LogP contribution is 2.45. The third-order valence-electron chi connectivity index (χ3n) is 3.59. The first-order chi connectivity index (χ1) is 8.83. The van der Waals surface area contributed by atoms with Gasteiger partial charge in [0.25, 0.3) is 0 Å². The number of aromatic nitrogens is 3. The summed E-state index contributed by atoms with van der Waals surface area (Å²) in [5, 5.41) is 22.0. The summed E-state index contributed by atoms with van der Waals surface area (Å²) in [5.41, 5.74) is 0. The highest BCUT2D eigenvalue weighted by molar-refractivity contribution is 7.99. The molecule has 2 saturated carbocycles. The third-order valence-corrected chi connectivity index (χ3v) is 4.69. The van der Waals surface area contributed by atoms with Gasteiger partial charge in [0.1, 0.15) is 5.82 Å². The van der Waals surface area contributed by atoms with Crippen LogP contribution in [0.1, 0.15) is 43.5 Å². The number of likely N-dealkylation sites (N-methyl/N-ethyl adjacent to an activating group) is 1. The minimum Gasteiger partial charge on any atom is -0.395 e. The van der Waals surface area contributed by atoms with Crippen molar-refractivity contribution in [2.45, 2.75) is 48.8 Å². The average Bonchev–Trinajstić information content (AvgIpc) is 3.30. The smallest absolute Gasteiger partial charge is 0.191 e. The Bertz CT molecular complexity index is 410. The Morgan fingerprint density at radius 1 is 1.39 bits per heavy atom. The van der Waals surface area contributed by atoms with Gasteiger partial charge in [-0.3, -0.25) is 0 Å². The van der Waals surface area contributed by atoms with Crippen molar-refractivity contribution in [3.8, 4) is 0 Å². The van der Waals surface area contributed by atoms with E-state index in [0.717, 1.165) is 10.9 Å². The average molecular weight is 268 g/mol. The molecule has 0 saturated heterocycles. The molecule has 0 bridgehead atoms. The zero-order valence-electron chi connectivity index (χ0n) is 10.7. The molecule has 5 nitrogen and oxygen atoms in total. The van der Waals surface area contributed by atoms with Gasteiger partial charge < -0.3 is 15.0 Å². The molecule has 0 aromatic carbocycles. The van der Waals surface area contributed by atoms with Crippen molar-refractivity contribution in [2.75, 3.05) is 19.4 Å². The Morgan fingerprint density at radius 2 is 2.17 bits per heavy atom. The van der Waals surface area contributed by atoms with Crippen molar-refractivity contribution in [1.82, 2.24) is 20.1 Å². The molecule has 1 heterocycles. The molecule has 2 aliphatic rings. The number of nitrogens with zero attached hydrogens (tertiary/aromatic N) is 3. The highest BCUT2D eigenvalue weighted by Gasteiger charge is 2.36. The zero-order chi connectivity index (χ0) is 12.5. The van der Waals surface area contributed by atoms with Crippen molar-refractivity contribution in [3.05, 3.63) is 5.82 Å². The number of hydrogen-bond acceptors (Lipinski definition) is 5. The quantitative estimate of drug-likeness (QED) is 0.727. The second-order valence-electron chi connectivity index (χ2n) is 5.20. The predicted molar refractivity (Wildman–Crippen MR) is 70.9 cm³/mol. The Kier molecular flexibility index (Phi) is 3.59. The fourth-order valence-electron chi connectivity index (χ4n) is 2.09. The molecule has 0 radical (unpaired) electrons. The van der Waals surface area contributed by atoms with Gasteiger partial charge in [-0.15, -0.1) is 10.2 Å². The molecule has 2 N–H and O–H groups in total. The van der Waals surface area contributed by atoms with E-state index in [2.05, 4.69) is 20.1 Å². The summed E-state index contributed by atoms with van der Waals surface area (Å²) in [6.45, 7) is 0.163. The molecule has 2 aliphatic carbocycles. The molecule has 0 aliphatic heterocycles. The van der Waals surface area contributed by atoms with E-state index >= 15 is 0 Å². The normalized spacial score (nSPS) is 21.2. The molecule has 3 rings (SSSR count). The summed E-state index contributed by atoms with van der Waals surface area (Å²) < 4.78 is 2.35. The first kappa shape index (κ1) is 12.4. The Morgan fingerprint density at radius 3 is 2.72 bits per heavy atom. The number of aliphatic hydroxyl groups excluding tert-OH is 1. The van der Waals surface area contributed by atoms with E-state index in [1.54, 1.807) is 11.8 Å². The lowest BCUT2D eigenvalue weighted by Gasteiger charge is -2.13. The lowest BCUT2D eigenvalue weighted by molar-refractivity contribution is 0.260. The molecule has 2 fully saturated rings. The molecule has 1 atom stereocenters. The lowest BCUT2D eigenvalue weighted by atomic mass is 10.4. The zero-order valence-corrected chi connectivity index (χ0v) is 11.5. The van der Waals surface area contributed by atoms with Crippen LogP contribution >= 0.6 is 11.8 Å². The molecular weight excluding hydrogens is 248 g/mol. The predicted octanol–water partition coefficient (Wildman–Crippen LogP) is 1.16. The van der Waals surface area contributed by atoms with Gasteiger partial charge in [0.05, 0.1) is 6.61 Å². The van der Waals surface area contributed by atoms with Crippen LogP contribution in [0.15, 0.2) is 5.16 Å². The molecule has 1 aromatic rings. The maximum atomic E-state index is 9.18. The molecule has 100 valence electrons. The van der Waals surface area contributed by atoms with E-state index in [9.17, 15) is 5.11 Å². The molecule has 18 heavy (non-hydrogen) atoms. The van der Waals surface area contributed by atoms with E-state index < -0.39 is 0 Å². The molecule has 0 amide bonds. The molecule has 6 heteroatoms. The van der Waals surface area contributed by atoms with Crippen molar-refractivity contribution < 1.29 is 5.11 Å². The number of thioether (sulfide) groups is 1. The monoisotopic (exact) mass is 268 g/mol. The van der Waals surface area contributed by atoms with Gasteiger partial charge in [0.15, 0.2) is 5.16 Å². The van der Waals surface area contributed by atoms with Crippen LogP contribution in [0.3, 0.4) is 0 Å². The van der Waals surface area contributed by atoms with Gasteiger partial charge >= 0.3 is 0 Å². The first-order valence-corrected chi connectivity index (χ1v) is 7.67. The number of hydrogen-bond donors (Lipinski definition) is 2. The second kappa shape index (κ2) is 5.19. The summed E-state index contributed by atoms with van der Waals surface area (Å²) in [6.07, 6.45) is 5.07. The van der Waals surface area contributed by atoms with Crippen LogP contribution in [0.25, 0.3) is 0 Å². The van der Waals surface area contributed by atoms with Crippen LogP contribution in [-0.2, 0) is 0 Å². The summed E-state index contributed by atoms with van der Waals surface area (Å²) in [6, 6.07) is 0.768. The van der Waals surface area contributed by atoms with Gasteiger partial charge in [-0.1, -0.05) is 11.8 Å². The minimum atomic E-state index is 0.128. The van der Waals surface area contributed by atoms with Crippen molar-refractivity contribution in [1.29, 1.82) is 0 Å². The number of rotatable bonds is 7. The molecule has 1 aromatic heterocycles. The van der Waals surface area contributed by atoms with Gasteiger partial charge in [-0.2, -0.15) is 0 Å². The van der Waals surface area contributed by atoms with E-state index in [4.69, 9.17) is 0 Å². The van der Waals surface area contributed by atoms with Crippen LogP contribution in [0.2, 0.25) is 0 Å². The lowest BCUT2D eigenvalue weighted by Crippen LogP contribution is -2.31. The summed E-state index contributed by atoms with van der Waals surface area (Å²) in [5.74, 6) is 2.69. The fraction of sp³-hybridized carbons (Fsp3) is 0.833. The standard InChI is InChI=1S/C12H20N4OS/c1-13-9(6-17)7-18-12-15-14-11(8-2-3-8)16(12)10-4-5-10/h8-10,13,17H,2-7H2,1H3. The Labute approximate surface area is 111 Å². The van der Waals surface area contributed by atoms with E-state index in [0.29, 0.717) is 12.0 Å². The van der Waals surface area contributed by atoms with Crippen molar-refractivity contribution >= 4 is 11.8 Å². The van der Waals surface area contributed by atoms with Crippen molar-refractivity contribution in [2.24, 2.45) is 0 Å². The SMILES string of the molecule is CNC(CO)CSc1nnc(C2CC2)n1C1CC1. The number of aliphatic hydroxyl groups is 1. The topological polar surface area (TPSA) is 63.0 Å². The maximum Gasteiger partial charge on any atom is 0.191 e. The summed E-state index contributed by atoms with van der Waals surface area (Å²) >= 11 is 1.71. The van der Waals surface area contributed by atoms with Crippen LogP contribution in [0.4, 0.5) is 0 Å². The second-order valence-corrected chi connectivity index (χ2v) is 6.18. The minimum absolute atomic E-state index is 0.128. The molecule has 0 spiro atoms. The van der Waals surface area contributed by atoms with E-state index in [-0.39, 0.29) is 12.6 Å². The Hall–Kier alpha value is -0.590. The van der Waals surface area contributed by atoms with Gasteiger partial charge in [-0.25, -0.2) is 0 Å². The van der Waals surface area contributed by atoms with Gasteiger partial charge in [0.2, 0.25) is 0 Å². The summed E-state index contributed by atoms with van der Waals surface area (Å²) in [7, 11) is 1.88. The summed E-state index contributed by atoms with van der Waals surface area (Å²) in [4.78, 5) is 0. The van der Waals surface area contributed by atoms with Crippen LogP contribution in [-0.4, -0.2) is 45.3 Å². The highest BCUT2D eigenvalue weighted by atomic mass is 32.2. The van der Waals surface area contributed by atoms with Crippen LogP contribution < -0.4 is 5.32 Å². The van der Waals surface area contributed by atoms with E-state index in [1.807, 2.05) is 7.05 Å². The largest absolute Gasteiger partial charge is 0.395 e. The molecular formula is C12H20N4OS. The molecule has 1 unspecified atom stereocenters. The van der Waals surface area contributed by atoms with Crippen LogP contribution in [0.5, 0.6) is 0 Å². The van der Waals surface area contributed by atoms with Gasteiger partial charge in [0, 0.05) is 23.8 Å². The first-order valence-electron chi connectivity index (χ1n) is 6.69. The van der Waals surface area contributed by atoms with E-state index in [1.165, 1.54) is 31.5 Å². The van der Waals surface area contributed by atoms with Gasteiger partial charge in [-0.05, 0) is 32.7 Å². The van der Waals surface area contributed by atoms with Crippen molar-refractivity contribution in [3.63, 3.8) is 0 Å². The Balaban J connectivity index is 1.71. The van der Waals surface area contributed by atoms with Crippen LogP contribution in [0, 0.1) is 0 Å².